The molecule has 1 fully saturated rings. The second-order valence-corrected chi connectivity index (χ2v) is 7.09. The minimum atomic E-state index is -2.84. The van der Waals surface area contributed by atoms with Crippen LogP contribution in [-0.4, -0.2) is 49.4 Å². The molecule has 0 amide bonds. The molecule has 2 heterocycles. The van der Waals surface area contributed by atoms with Gasteiger partial charge in [-0.3, -0.25) is 4.98 Å². The maximum absolute atomic E-state index is 12.7. The monoisotopic (exact) mass is 287 g/mol. The largest absolute Gasteiger partial charge is 0.323 e. The summed E-state index contributed by atoms with van der Waals surface area (Å²) in [4.78, 5) is 6.04. The molecule has 1 saturated heterocycles. The number of rotatable bonds is 4. The predicted molar refractivity (Wildman–Crippen MR) is 70.8 cm³/mol. The van der Waals surface area contributed by atoms with Gasteiger partial charge in [-0.05, 0) is 18.6 Å². The van der Waals surface area contributed by atoms with Crippen LogP contribution < -0.4 is 5.73 Å². The molecule has 1 aromatic rings. The minimum absolute atomic E-state index is 0.219. The molecule has 0 spiro atoms. The Morgan fingerprint density at radius 2 is 2.05 bits per heavy atom. The molecule has 1 aromatic heterocycles. The molecule has 2 N–H and O–H groups in total. The van der Waals surface area contributed by atoms with Gasteiger partial charge in [0.05, 0.1) is 23.4 Å². The van der Waals surface area contributed by atoms with Crippen molar-refractivity contribution in [3.63, 3.8) is 0 Å². The van der Waals surface area contributed by atoms with E-state index in [2.05, 4.69) is 9.88 Å². The molecule has 0 radical (unpaired) electrons. The lowest BCUT2D eigenvalue weighted by atomic mass is 10.1. The zero-order valence-electron chi connectivity index (χ0n) is 10.6. The van der Waals surface area contributed by atoms with Crippen molar-refractivity contribution in [1.29, 1.82) is 0 Å². The Balaban J connectivity index is 1.81. The van der Waals surface area contributed by atoms with Gasteiger partial charge < -0.3 is 10.6 Å². The Bertz CT molecular complexity index is 504. The van der Waals surface area contributed by atoms with Gasteiger partial charge in [0.2, 0.25) is 0 Å². The first-order chi connectivity index (χ1) is 8.96. The maximum atomic E-state index is 12.7. The van der Waals surface area contributed by atoms with E-state index in [0.29, 0.717) is 25.2 Å². The molecular weight excluding hydrogens is 269 g/mol. The zero-order chi connectivity index (χ0) is 13.9. The molecule has 0 bridgehead atoms. The van der Waals surface area contributed by atoms with Crippen molar-refractivity contribution in [2.24, 2.45) is 5.73 Å². The summed E-state index contributed by atoms with van der Waals surface area (Å²) in [5, 5.41) is 0. The van der Waals surface area contributed by atoms with Gasteiger partial charge in [-0.2, -0.15) is 0 Å². The number of aromatic nitrogens is 1. The molecule has 1 aliphatic rings. The van der Waals surface area contributed by atoms with Crippen LogP contribution >= 0.6 is 0 Å². The molecule has 2 rings (SSSR count). The maximum Gasteiger partial charge on any atom is 0.152 e. The molecule has 106 valence electrons. The summed E-state index contributed by atoms with van der Waals surface area (Å²) in [7, 11) is -2.84. The third-order valence-electron chi connectivity index (χ3n) is 3.32. The van der Waals surface area contributed by atoms with Gasteiger partial charge in [0.15, 0.2) is 9.84 Å². The number of pyridine rings is 1. The highest BCUT2D eigenvalue weighted by Gasteiger charge is 2.21. The lowest BCUT2D eigenvalue weighted by Crippen LogP contribution is -2.41. The lowest BCUT2D eigenvalue weighted by Gasteiger charge is -2.27. The van der Waals surface area contributed by atoms with E-state index < -0.39 is 9.84 Å². The van der Waals surface area contributed by atoms with Gasteiger partial charge in [-0.1, -0.05) is 0 Å². The molecule has 1 atom stereocenters. The van der Waals surface area contributed by atoms with Crippen molar-refractivity contribution in [2.45, 2.75) is 12.5 Å². The fourth-order valence-electron chi connectivity index (χ4n) is 2.05. The summed E-state index contributed by atoms with van der Waals surface area (Å²) in [5.41, 5.74) is 6.64. The van der Waals surface area contributed by atoms with Crippen LogP contribution in [-0.2, 0) is 9.84 Å². The SMILES string of the molecule is NC(CCN1CCS(=O)(=O)CC1)c1ccc(F)cn1. The summed E-state index contributed by atoms with van der Waals surface area (Å²) in [6, 6.07) is 2.68. The Morgan fingerprint density at radius 1 is 1.37 bits per heavy atom. The topological polar surface area (TPSA) is 76.3 Å². The smallest absolute Gasteiger partial charge is 0.152 e. The second kappa shape index (κ2) is 5.94. The predicted octanol–water partition coefficient (Wildman–Crippen LogP) is 0.341. The highest BCUT2D eigenvalue weighted by Crippen LogP contribution is 2.13. The molecule has 7 heteroatoms. The fraction of sp³-hybridized carbons (Fsp3) is 0.583. The fourth-order valence-corrected chi connectivity index (χ4v) is 3.33. The Morgan fingerprint density at radius 3 is 2.63 bits per heavy atom. The number of nitrogens with zero attached hydrogens (tertiary/aromatic N) is 2. The van der Waals surface area contributed by atoms with Crippen molar-refractivity contribution in [2.75, 3.05) is 31.1 Å². The number of nitrogens with two attached hydrogens (primary N) is 1. The number of hydrogen-bond donors (Lipinski definition) is 1. The van der Waals surface area contributed by atoms with E-state index in [1.807, 2.05) is 0 Å². The first-order valence-electron chi connectivity index (χ1n) is 6.26. The van der Waals surface area contributed by atoms with E-state index in [-0.39, 0.29) is 23.4 Å². The van der Waals surface area contributed by atoms with Gasteiger partial charge in [0.1, 0.15) is 5.82 Å². The normalized spacial score (nSPS) is 21.2. The van der Waals surface area contributed by atoms with E-state index in [1.54, 1.807) is 6.07 Å². The standard InChI is InChI=1S/C12H18FN3O2S/c13-10-1-2-12(15-9-10)11(14)3-4-16-5-7-19(17,18)8-6-16/h1-2,9,11H,3-8,14H2. The molecule has 1 aliphatic heterocycles. The highest BCUT2D eigenvalue weighted by molar-refractivity contribution is 7.91. The quantitative estimate of drug-likeness (QED) is 0.864. The third kappa shape index (κ3) is 4.22. The first-order valence-corrected chi connectivity index (χ1v) is 8.08. The van der Waals surface area contributed by atoms with Gasteiger partial charge in [-0.15, -0.1) is 0 Å². The molecule has 0 aromatic carbocycles. The van der Waals surface area contributed by atoms with Crippen molar-refractivity contribution in [3.05, 3.63) is 29.8 Å². The second-order valence-electron chi connectivity index (χ2n) is 4.79. The third-order valence-corrected chi connectivity index (χ3v) is 4.93. The Kier molecular flexibility index (Phi) is 4.49. The van der Waals surface area contributed by atoms with Crippen molar-refractivity contribution in [3.8, 4) is 0 Å². The summed E-state index contributed by atoms with van der Waals surface area (Å²) >= 11 is 0. The number of sulfone groups is 1. The van der Waals surface area contributed by atoms with Gasteiger partial charge in [-0.25, -0.2) is 12.8 Å². The first kappa shape index (κ1) is 14.4. The van der Waals surface area contributed by atoms with Crippen LogP contribution in [0, 0.1) is 5.82 Å². The van der Waals surface area contributed by atoms with E-state index in [9.17, 15) is 12.8 Å². The van der Waals surface area contributed by atoms with E-state index in [4.69, 9.17) is 5.73 Å². The van der Waals surface area contributed by atoms with Crippen LogP contribution in [0.5, 0.6) is 0 Å². The van der Waals surface area contributed by atoms with Gasteiger partial charge in [0.25, 0.3) is 0 Å². The van der Waals surface area contributed by atoms with Crippen molar-refractivity contribution < 1.29 is 12.8 Å². The van der Waals surface area contributed by atoms with E-state index in [0.717, 1.165) is 12.7 Å². The van der Waals surface area contributed by atoms with Crippen LogP contribution in [0.2, 0.25) is 0 Å². The van der Waals surface area contributed by atoms with Crippen molar-refractivity contribution >= 4 is 9.84 Å². The molecule has 5 nitrogen and oxygen atoms in total. The summed E-state index contributed by atoms with van der Waals surface area (Å²) in [6.45, 7) is 1.85. The Hall–Kier alpha value is -1.05. The van der Waals surface area contributed by atoms with Crippen LogP contribution in [0.25, 0.3) is 0 Å². The lowest BCUT2D eigenvalue weighted by molar-refractivity contribution is 0.283. The molecule has 0 aliphatic carbocycles. The van der Waals surface area contributed by atoms with Crippen LogP contribution in [0.1, 0.15) is 18.2 Å². The molecular formula is C12H18FN3O2S. The van der Waals surface area contributed by atoms with Gasteiger partial charge >= 0.3 is 0 Å². The molecule has 0 saturated carbocycles. The van der Waals surface area contributed by atoms with E-state index >= 15 is 0 Å². The average molecular weight is 287 g/mol. The van der Waals surface area contributed by atoms with Crippen molar-refractivity contribution in [1.82, 2.24) is 9.88 Å². The van der Waals surface area contributed by atoms with Gasteiger partial charge in [0, 0.05) is 25.7 Å². The number of hydrogen-bond acceptors (Lipinski definition) is 5. The number of halogens is 1. The highest BCUT2D eigenvalue weighted by atomic mass is 32.2. The average Bonchev–Trinajstić information content (AvgIpc) is 2.38. The summed E-state index contributed by atoms with van der Waals surface area (Å²) in [6.07, 6.45) is 1.83. The van der Waals surface area contributed by atoms with Crippen LogP contribution in [0.15, 0.2) is 18.3 Å². The van der Waals surface area contributed by atoms with E-state index in [1.165, 1.54) is 6.07 Å². The summed E-state index contributed by atoms with van der Waals surface area (Å²) < 4.78 is 35.3. The molecule has 19 heavy (non-hydrogen) atoms. The molecule has 1 unspecified atom stereocenters. The summed E-state index contributed by atoms with van der Waals surface area (Å²) in [5.74, 6) is 0.0610. The minimum Gasteiger partial charge on any atom is -0.323 e. The zero-order valence-corrected chi connectivity index (χ0v) is 11.4. The van der Waals surface area contributed by atoms with Crippen LogP contribution in [0.3, 0.4) is 0 Å². The Labute approximate surface area is 112 Å². The van der Waals surface area contributed by atoms with Crippen LogP contribution in [0.4, 0.5) is 4.39 Å².